The molecule has 0 saturated heterocycles. The van der Waals surface area contributed by atoms with Crippen molar-refractivity contribution in [1.82, 2.24) is 14.4 Å². The van der Waals surface area contributed by atoms with E-state index >= 15 is 0 Å². The topological polar surface area (TPSA) is 50.2 Å². The van der Waals surface area contributed by atoms with Crippen LogP contribution in [-0.4, -0.2) is 20.5 Å². The van der Waals surface area contributed by atoms with Crippen molar-refractivity contribution in [3.8, 4) is 0 Å². The number of aromatic amines is 1. The van der Waals surface area contributed by atoms with Crippen molar-refractivity contribution in [2.24, 2.45) is 0 Å². The fraction of sp³-hybridized carbons (Fsp3) is 0.375. The third-order valence-corrected chi connectivity index (χ3v) is 4.08. The Kier molecular flexibility index (Phi) is 3.66. The minimum atomic E-state index is -4.45. The summed E-state index contributed by atoms with van der Waals surface area (Å²) in [5.74, 6) is 0.0855. The molecule has 7 heteroatoms. The zero-order valence-electron chi connectivity index (χ0n) is 12.7. The lowest BCUT2D eigenvalue weighted by Gasteiger charge is -2.16. The standard InChI is InChI=1S/C16H16F3N3O/c1-3-9(2)13-10(8-16(17,18)19)14(23)22-12-7-5-4-6-11(12)20-15(22)21-13/h4-7,9H,3,8H2,1-2H3,(H,20,21)/t9-/m0/s1. The first-order valence-corrected chi connectivity index (χ1v) is 7.40. The van der Waals surface area contributed by atoms with Gasteiger partial charge < -0.3 is 4.98 Å². The summed E-state index contributed by atoms with van der Waals surface area (Å²) < 4.78 is 40.0. The summed E-state index contributed by atoms with van der Waals surface area (Å²) >= 11 is 0. The molecule has 3 aromatic rings. The number of rotatable bonds is 3. The van der Waals surface area contributed by atoms with E-state index in [1.165, 1.54) is 4.40 Å². The zero-order chi connectivity index (χ0) is 16.8. The van der Waals surface area contributed by atoms with Gasteiger partial charge in [0.05, 0.1) is 17.5 Å². The summed E-state index contributed by atoms with van der Waals surface area (Å²) in [5.41, 5.74) is 0.503. The van der Waals surface area contributed by atoms with Gasteiger partial charge in [0.2, 0.25) is 5.78 Å². The number of hydrogen-bond acceptors (Lipinski definition) is 2. The van der Waals surface area contributed by atoms with E-state index in [1.807, 2.05) is 6.92 Å². The molecule has 0 aliphatic rings. The molecule has 0 amide bonds. The van der Waals surface area contributed by atoms with E-state index in [2.05, 4.69) is 9.97 Å². The normalized spacial score (nSPS) is 13.8. The molecule has 0 bridgehead atoms. The van der Waals surface area contributed by atoms with Crippen molar-refractivity contribution in [3.05, 3.63) is 45.9 Å². The maximum Gasteiger partial charge on any atom is 0.393 e. The molecule has 0 saturated carbocycles. The van der Waals surface area contributed by atoms with Crippen LogP contribution in [0.5, 0.6) is 0 Å². The quantitative estimate of drug-likeness (QED) is 0.797. The highest BCUT2D eigenvalue weighted by molar-refractivity contribution is 5.79. The number of benzene rings is 1. The van der Waals surface area contributed by atoms with Crippen molar-refractivity contribution in [3.63, 3.8) is 0 Å². The number of imidazole rings is 1. The predicted molar refractivity (Wildman–Crippen MR) is 81.8 cm³/mol. The number of H-pyrrole nitrogens is 1. The lowest BCUT2D eigenvalue weighted by molar-refractivity contribution is -0.127. The van der Waals surface area contributed by atoms with Gasteiger partial charge in [-0.05, 0) is 24.5 Å². The van der Waals surface area contributed by atoms with Gasteiger partial charge in [0.15, 0.2) is 0 Å². The Morgan fingerprint density at radius 3 is 2.65 bits per heavy atom. The van der Waals surface area contributed by atoms with Gasteiger partial charge in [-0.15, -0.1) is 0 Å². The Bertz CT molecular complexity index is 924. The smallest absolute Gasteiger partial charge is 0.328 e. The highest BCUT2D eigenvalue weighted by atomic mass is 19.4. The molecule has 2 aromatic heterocycles. The Labute approximate surface area is 130 Å². The van der Waals surface area contributed by atoms with Crippen LogP contribution in [0.3, 0.4) is 0 Å². The van der Waals surface area contributed by atoms with Gasteiger partial charge >= 0.3 is 6.18 Å². The minimum Gasteiger partial charge on any atom is -0.328 e. The van der Waals surface area contributed by atoms with Crippen LogP contribution in [0.15, 0.2) is 29.1 Å². The molecule has 3 rings (SSSR count). The van der Waals surface area contributed by atoms with Crippen molar-refractivity contribution in [2.75, 3.05) is 0 Å². The van der Waals surface area contributed by atoms with Crippen molar-refractivity contribution >= 4 is 16.8 Å². The summed E-state index contributed by atoms with van der Waals surface area (Å²) in [6, 6.07) is 6.89. The Morgan fingerprint density at radius 1 is 1.30 bits per heavy atom. The van der Waals surface area contributed by atoms with E-state index in [9.17, 15) is 18.0 Å². The maximum atomic E-state index is 12.9. The highest BCUT2D eigenvalue weighted by Crippen LogP contribution is 2.27. The fourth-order valence-electron chi connectivity index (χ4n) is 2.76. The van der Waals surface area contributed by atoms with E-state index in [-0.39, 0.29) is 17.3 Å². The first-order valence-electron chi connectivity index (χ1n) is 7.40. The summed E-state index contributed by atoms with van der Waals surface area (Å²) in [7, 11) is 0. The minimum absolute atomic E-state index is 0.190. The molecule has 0 unspecified atom stereocenters. The molecule has 1 atom stereocenters. The summed E-state index contributed by atoms with van der Waals surface area (Å²) in [4.78, 5) is 20.0. The van der Waals surface area contributed by atoms with Crippen LogP contribution in [0, 0.1) is 0 Å². The third-order valence-electron chi connectivity index (χ3n) is 4.08. The second-order valence-electron chi connectivity index (χ2n) is 5.68. The Morgan fingerprint density at radius 2 is 2.00 bits per heavy atom. The Balaban J connectivity index is 2.39. The predicted octanol–water partition coefficient (Wildman–Crippen LogP) is 3.79. The molecular formula is C16H16F3N3O. The molecular weight excluding hydrogens is 307 g/mol. The van der Waals surface area contributed by atoms with E-state index in [1.54, 1.807) is 31.2 Å². The molecule has 0 fully saturated rings. The second kappa shape index (κ2) is 5.40. The number of fused-ring (bicyclic) bond motifs is 3. The molecule has 23 heavy (non-hydrogen) atoms. The summed E-state index contributed by atoms with van der Waals surface area (Å²) in [5, 5.41) is 0. The molecule has 122 valence electrons. The number of hydrogen-bond donors (Lipinski definition) is 1. The van der Waals surface area contributed by atoms with Crippen LogP contribution in [0.2, 0.25) is 0 Å². The van der Waals surface area contributed by atoms with Crippen molar-refractivity contribution in [2.45, 2.75) is 38.8 Å². The molecule has 0 aliphatic heterocycles. The molecule has 0 aliphatic carbocycles. The van der Waals surface area contributed by atoms with Gasteiger partial charge in [0, 0.05) is 11.3 Å². The van der Waals surface area contributed by atoms with E-state index in [0.717, 1.165) is 0 Å². The largest absolute Gasteiger partial charge is 0.393 e. The molecule has 1 aromatic carbocycles. The van der Waals surface area contributed by atoms with Crippen LogP contribution in [-0.2, 0) is 6.42 Å². The maximum absolute atomic E-state index is 12.9. The van der Waals surface area contributed by atoms with Crippen molar-refractivity contribution < 1.29 is 13.2 Å². The van der Waals surface area contributed by atoms with Crippen molar-refractivity contribution in [1.29, 1.82) is 0 Å². The molecule has 0 radical (unpaired) electrons. The van der Waals surface area contributed by atoms with Gasteiger partial charge in [-0.2, -0.15) is 13.2 Å². The lowest BCUT2D eigenvalue weighted by atomic mass is 9.98. The van der Waals surface area contributed by atoms with Crippen LogP contribution >= 0.6 is 0 Å². The molecule has 4 nitrogen and oxygen atoms in total. The molecule has 1 N–H and O–H groups in total. The number of para-hydroxylation sites is 2. The van der Waals surface area contributed by atoms with E-state index in [0.29, 0.717) is 23.1 Å². The van der Waals surface area contributed by atoms with Crippen LogP contribution in [0.25, 0.3) is 16.8 Å². The Hall–Kier alpha value is -2.31. The summed E-state index contributed by atoms with van der Waals surface area (Å²) in [6.07, 6.45) is -5.07. The number of nitrogens with one attached hydrogen (secondary N) is 1. The van der Waals surface area contributed by atoms with Gasteiger partial charge in [0.1, 0.15) is 0 Å². The zero-order valence-corrected chi connectivity index (χ0v) is 12.7. The first-order chi connectivity index (χ1) is 10.8. The highest BCUT2D eigenvalue weighted by Gasteiger charge is 2.32. The molecule has 2 heterocycles. The van der Waals surface area contributed by atoms with Gasteiger partial charge in [-0.3, -0.25) is 4.79 Å². The van der Waals surface area contributed by atoms with Crippen LogP contribution in [0.1, 0.15) is 37.4 Å². The number of aromatic nitrogens is 3. The van der Waals surface area contributed by atoms with Gasteiger partial charge in [-0.1, -0.05) is 26.0 Å². The third kappa shape index (κ3) is 2.71. The SMILES string of the molecule is CC[C@H](C)c1[nH]c2nc3ccccc3n2c(=O)c1CC(F)(F)F. The summed E-state index contributed by atoms with van der Waals surface area (Å²) in [6.45, 7) is 3.66. The van der Waals surface area contributed by atoms with Crippen LogP contribution < -0.4 is 5.56 Å². The first kappa shape index (κ1) is 15.6. The number of alkyl halides is 3. The van der Waals surface area contributed by atoms with E-state index in [4.69, 9.17) is 0 Å². The average Bonchev–Trinajstić information content (AvgIpc) is 2.86. The van der Waals surface area contributed by atoms with Gasteiger partial charge in [-0.25, -0.2) is 9.38 Å². The number of nitrogens with zero attached hydrogens (tertiary/aromatic N) is 2. The fourth-order valence-corrected chi connectivity index (χ4v) is 2.76. The lowest BCUT2D eigenvalue weighted by Crippen LogP contribution is -2.27. The second-order valence-corrected chi connectivity index (χ2v) is 5.68. The average molecular weight is 323 g/mol. The monoisotopic (exact) mass is 323 g/mol. The van der Waals surface area contributed by atoms with Gasteiger partial charge in [0.25, 0.3) is 5.56 Å². The molecule has 0 spiro atoms. The number of halogens is 3. The van der Waals surface area contributed by atoms with Crippen LogP contribution in [0.4, 0.5) is 13.2 Å². The van der Waals surface area contributed by atoms with E-state index < -0.39 is 18.2 Å².